The molecule has 1 aromatic carbocycles. The van der Waals surface area contributed by atoms with E-state index in [4.69, 9.17) is 4.65 Å². The number of benzene rings is 1. The van der Waals surface area contributed by atoms with Gasteiger partial charge in [-0.1, -0.05) is 6.07 Å². The van der Waals surface area contributed by atoms with Crippen molar-refractivity contribution in [1.29, 1.82) is 0 Å². The van der Waals surface area contributed by atoms with Gasteiger partial charge in [0.25, 0.3) is 5.91 Å². The molecule has 0 fully saturated rings. The largest absolute Gasteiger partial charge is 0.491 e. The van der Waals surface area contributed by atoms with Crippen LogP contribution < -0.4 is 5.46 Å². The van der Waals surface area contributed by atoms with Crippen LogP contribution in [0.25, 0.3) is 0 Å². The lowest BCUT2D eigenvalue weighted by Crippen LogP contribution is -2.40. The van der Waals surface area contributed by atoms with Crippen molar-refractivity contribution in [2.24, 2.45) is 0 Å². The SMILES string of the molecule is CC1c2cccn2CCN1C(=O)c1ccc2c(c1)COB2O. The molecule has 5 nitrogen and oxygen atoms in total. The molecule has 3 heterocycles. The zero-order valence-corrected chi connectivity index (χ0v) is 12.4. The van der Waals surface area contributed by atoms with Crippen molar-refractivity contribution in [3.8, 4) is 0 Å². The average molecular weight is 296 g/mol. The van der Waals surface area contributed by atoms with Gasteiger partial charge < -0.3 is 19.1 Å². The van der Waals surface area contributed by atoms with Crippen LogP contribution in [0.5, 0.6) is 0 Å². The number of aromatic nitrogens is 1. The summed E-state index contributed by atoms with van der Waals surface area (Å²) in [5.74, 6) is 0.0316. The fraction of sp³-hybridized carbons (Fsp3) is 0.312. The monoisotopic (exact) mass is 296 g/mol. The minimum absolute atomic E-state index is 0.0316. The lowest BCUT2D eigenvalue weighted by atomic mass is 9.79. The smallest absolute Gasteiger partial charge is 0.423 e. The van der Waals surface area contributed by atoms with Crippen LogP contribution in [0.4, 0.5) is 0 Å². The highest BCUT2D eigenvalue weighted by Crippen LogP contribution is 2.27. The van der Waals surface area contributed by atoms with E-state index in [1.807, 2.05) is 17.0 Å². The number of fused-ring (bicyclic) bond motifs is 2. The molecule has 1 unspecified atom stereocenters. The van der Waals surface area contributed by atoms with Crippen molar-refractivity contribution < 1.29 is 14.5 Å². The molecule has 0 saturated carbocycles. The van der Waals surface area contributed by atoms with E-state index in [1.54, 1.807) is 12.1 Å². The highest BCUT2D eigenvalue weighted by molar-refractivity contribution is 6.61. The zero-order chi connectivity index (χ0) is 15.3. The molecule has 2 aliphatic heterocycles. The summed E-state index contributed by atoms with van der Waals surface area (Å²) in [6.45, 7) is 3.95. The minimum atomic E-state index is -0.865. The van der Waals surface area contributed by atoms with Crippen molar-refractivity contribution in [3.63, 3.8) is 0 Å². The molecule has 2 aromatic rings. The molecule has 1 atom stereocenters. The van der Waals surface area contributed by atoms with Crippen LogP contribution in [0, 0.1) is 0 Å². The Morgan fingerprint density at radius 1 is 1.36 bits per heavy atom. The summed E-state index contributed by atoms with van der Waals surface area (Å²) in [6.07, 6.45) is 2.06. The molecule has 0 saturated heterocycles. The van der Waals surface area contributed by atoms with E-state index in [-0.39, 0.29) is 11.9 Å². The molecule has 0 aliphatic carbocycles. The molecule has 4 rings (SSSR count). The average Bonchev–Trinajstić information content (AvgIpc) is 3.14. The van der Waals surface area contributed by atoms with Gasteiger partial charge in [-0.15, -0.1) is 0 Å². The van der Waals surface area contributed by atoms with Gasteiger partial charge in [0.2, 0.25) is 0 Å². The van der Waals surface area contributed by atoms with Crippen LogP contribution in [0.3, 0.4) is 0 Å². The summed E-state index contributed by atoms with van der Waals surface area (Å²) in [5.41, 5.74) is 3.48. The van der Waals surface area contributed by atoms with Gasteiger partial charge in [0, 0.05) is 30.5 Å². The molecule has 0 bridgehead atoms. The second kappa shape index (κ2) is 5.00. The molecule has 0 spiro atoms. The Morgan fingerprint density at radius 3 is 3.09 bits per heavy atom. The third kappa shape index (κ3) is 1.99. The van der Waals surface area contributed by atoms with Gasteiger partial charge in [0.05, 0.1) is 12.6 Å². The zero-order valence-electron chi connectivity index (χ0n) is 12.4. The van der Waals surface area contributed by atoms with E-state index < -0.39 is 7.12 Å². The van der Waals surface area contributed by atoms with Crippen LogP contribution in [-0.2, 0) is 17.8 Å². The lowest BCUT2D eigenvalue weighted by molar-refractivity contribution is 0.0644. The van der Waals surface area contributed by atoms with Crippen molar-refractivity contribution in [1.82, 2.24) is 9.47 Å². The van der Waals surface area contributed by atoms with Gasteiger partial charge >= 0.3 is 7.12 Å². The Balaban J connectivity index is 1.63. The van der Waals surface area contributed by atoms with Gasteiger partial charge in [-0.25, -0.2) is 0 Å². The Morgan fingerprint density at radius 2 is 2.23 bits per heavy atom. The number of carbonyl (C=O) groups excluding carboxylic acids is 1. The number of nitrogens with zero attached hydrogens (tertiary/aromatic N) is 2. The summed E-state index contributed by atoms with van der Waals surface area (Å²) in [4.78, 5) is 14.7. The molecule has 112 valence electrons. The van der Waals surface area contributed by atoms with Crippen LogP contribution >= 0.6 is 0 Å². The summed E-state index contributed by atoms with van der Waals surface area (Å²) in [5, 5.41) is 9.67. The van der Waals surface area contributed by atoms with E-state index in [0.29, 0.717) is 18.7 Å². The van der Waals surface area contributed by atoms with Crippen LogP contribution in [0.2, 0.25) is 0 Å². The maximum atomic E-state index is 12.8. The van der Waals surface area contributed by atoms with E-state index in [2.05, 4.69) is 23.8 Å². The molecular formula is C16H17BN2O3. The lowest BCUT2D eigenvalue weighted by Gasteiger charge is -2.35. The predicted molar refractivity (Wildman–Crippen MR) is 82.7 cm³/mol. The molecule has 22 heavy (non-hydrogen) atoms. The maximum absolute atomic E-state index is 12.8. The standard InChI is InChI=1S/C16H17BN2O3/c1-11-15-3-2-6-18(15)7-8-19(11)16(20)12-4-5-14-13(9-12)10-22-17(14)21/h2-6,9,11,21H,7-8,10H2,1H3. The first kappa shape index (κ1) is 13.6. The Kier molecular flexibility index (Phi) is 3.09. The summed E-state index contributed by atoms with van der Waals surface area (Å²) in [7, 11) is -0.865. The topological polar surface area (TPSA) is 54.7 Å². The number of amides is 1. The highest BCUT2D eigenvalue weighted by Gasteiger charge is 2.31. The summed E-state index contributed by atoms with van der Waals surface area (Å²) in [6, 6.07) is 9.56. The van der Waals surface area contributed by atoms with Gasteiger partial charge in [-0.3, -0.25) is 4.79 Å². The molecule has 0 radical (unpaired) electrons. The number of carbonyl (C=O) groups is 1. The van der Waals surface area contributed by atoms with E-state index >= 15 is 0 Å². The third-order valence-corrected chi connectivity index (χ3v) is 4.66. The van der Waals surface area contributed by atoms with Crippen LogP contribution in [-0.4, -0.2) is 34.1 Å². The van der Waals surface area contributed by atoms with E-state index in [0.717, 1.165) is 17.6 Å². The van der Waals surface area contributed by atoms with Crippen molar-refractivity contribution >= 4 is 18.5 Å². The van der Waals surface area contributed by atoms with Crippen molar-refractivity contribution in [3.05, 3.63) is 53.3 Å². The molecule has 1 amide bonds. The number of hydrogen-bond acceptors (Lipinski definition) is 3. The molecule has 2 aliphatic rings. The van der Waals surface area contributed by atoms with Gasteiger partial charge in [-0.2, -0.15) is 0 Å². The van der Waals surface area contributed by atoms with Gasteiger partial charge in [0.1, 0.15) is 0 Å². The minimum Gasteiger partial charge on any atom is -0.423 e. The first-order chi connectivity index (χ1) is 10.6. The molecular weight excluding hydrogens is 279 g/mol. The fourth-order valence-electron chi connectivity index (χ4n) is 3.39. The summed E-state index contributed by atoms with van der Waals surface area (Å²) >= 11 is 0. The van der Waals surface area contributed by atoms with Crippen molar-refractivity contribution in [2.75, 3.05) is 6.54 Å². The molecule has 1 N–H and O–H groups in total. The number of hydrogen-bond donors (Lipinski definition) is 1. The Hall–Kier alpha value is -2.05. The maximum Gasteiger partial charge on any atom is 0.491 e. The van der Waals surface area contributed by atoms with E-state index in [1.165, 1.54) is 5.69 Å². The number of rotatable bonds is 1. The van der Waals surface area contributed by atoms with Crippen LogP contribution in [0.1, 0.15) is 34.6 Å². The highest BCUT2D eigenvalue weighted by atomic mass is 16.5. The first-order valence-corrected chi connectivity index (χ1v) is 7.53. The Labute approximate surface area is 129 Å². The molecule has 1 aromatic heterocycles. The second-order valence-corrected chi connectivity index (χ2v) is 5.88. The van der Waals surface area contributed by atoms with Crippen molar-refractivity contribution in [2.45, 2.75) is 26.1 Å². The van der Waals surface area contributed by atoms with Gasteiger partial charge in [-0.05, 0) is 42.2 Å². The fourth-order valence-corrected chi connectivity index (χ4v) is 3.39. The third-order valence-electron chi connectivity index (χ3n) is 4.66. The normalized spacial score (nSPS) is 20.0. The Bertz CT molecular complexity index is 743. The van der Waals surface area contributed by atoms with E-state index in [9.17, 15) is 9.82 Å². The predicted octanol–water partition coefficient (Wildman–Crippen LogP) is 0.923. The van der Waals surface area contributed by atoms with Crippen LogP contribution in [0.15, 0.2) is 36.5 Å². The quantitative estimate of drug-likeness (QED) is 0.796. The van der Waals surface area contributed by atoms with Gasteiger partial charge in [0.15, 0.2) is 0 Å². The second-order valence-electron chi connectivity index (χ2n) is 5.88. The molecule has 6 heteroatoms. The first-order valence-electron chi connectivity index (χ1n) is 7.53. The summed E-state index contributed by atoms with van der Waals surface area (Å²) < 4.78 is 7.38.